The molecular formula is C15H27N3O4S. The standard InChI is InChI=1S/C15H27N3O4S/c1-5-16-14(17-9-10-23(20,21)6-2)18-11-15(4,19)13-8-7-12(3)22-13/h7-8,19H,5-6,9-11H2,1-4H3,(H2,16,17,18). The summed E-state index contributed by atoms with van der Waals surface area (Å²) < 4.78 is 28.4. The summed E-state index contributed by atoms with van der Waals surface area (Å²) in [4.78, 5) is 4.31. The highest BCUT2D eigenvalue weighted by molar-refractivity contribution is 7.91. The van der Waals surface area contributed by atoms with Crippen molar-refractivity contribution in [1.29, 1.82) is 0 Å². The molecule has 1 aromatic heterocycles. The van der Waals surface area contributed by atoms with Gasteiger partial charge in [-0.05, 0) is 32.9 Å². The lowest BCUT2D eigenvalue weighted by molar-refractivity contribution is 0.0428. The Kier molecular flexibility index (Phi) is 7.08. The Morgan fingerprint density at radius 2 is 2.04 bits per heavy atom. The van der Waals surface area contributed by atoms with Crippen LogP contribution in [0.4, 0.5) is 0 Å². The van der Waals surface area contributed by atoms with Gasteiger partial charge in [0.25, 0.3) is 0 Å². The minimum atomic E-state index is -3.02. The van der Waals surface area contributed by atoms with Crippen molar-refractivity contribution in [2.75, 3.05) is 31.1 Å². The van der Waals surface area contributed by atoms with Crippen LogP contribution in [-0.4, -0.2) is 50.6 Å². The Morgan fingerprint density at radius 1 is 1.35 bits per heavy atom. The molecule has 0 saturated carbocycles. The van der Waals surface area contributed by atoms with E-state index in [4.69, 9.17) is 4.42 Å². The van der Waals surface area contributed by atoms with Gasteiger partial charge in [0.1, 0.15) is 17.1 Å². The minimum Gasteiger partial charge on any atom is -0.463 e. The fourth-order valence-corrected chi connectivity index (χ4v) is 2.55. The lowest BCUT2D eigenvalue weighted by atomic mass is 10.0. The van der Waals surface area contributed by atoms with Crippen molar-refractivity contribution < 1.29 is 17.9 Å². The van der Waals surface area contributed by atoms with Crippen LogP contribution in [0, 0.1) is 6.92 Å². The summed E-state index contributed by atoms with van der Waals surface area (Å²) in [5.74, 6) is 1.79. The van der Waals surface area contributed by atoms with Gasteiger partial charge in [-0.1, -0.05) is 6.92 Å². The van der Waals surface area contributed by atoms with Crippen LogP contribution in [0.1, 0.15) is 32.3 Å². The van der Waals surface area contributed by atoms with E-state index in [1.165, 1.54) is 0 Å². The highest BCUT2D eigenvalue weighted by Crippen LogP contribution is 2.22. The van der Waals surface area contributed by atoms with E-state index >= 15 is 0 Å². The zero-order chi connectivity index (χ0) is 17.5. The number of aliphatic hydroxyl groups is 1. The van der Waals surface area contributed by atoms with Crippen molar-refractivity contribution in [2.24, 2.45) is 4.99 Å². The number of aliphatic imine (C=N–C) groups is 1. The molecule has 7 nitrogen and oxygen atoms in total. The summed E-state index contributed by atoms with van der Waals surface area (Å²) in [6, 6.07) is 3.51. The highest BCUT2D eigenvalue weighted by Gasteiger charge is 2.26. The number of rotatable bonds is 8. The van der Waals surface area contributed by atoms with Gasteiger partial charge in [0, 0.05) is 18.8 Å². The molecule has 1 unspecified atom stereocenters. The van der Waals surface area contributed by atoms with Crippen molar-refractivity contribution in [3.8, 4) is 0 Å². The first-order valence-corrected chi connectivity index (χ1v) is 9.54. The molecule has 1 heterocycles. The van der Waals surface area contributed by atoms with Gasteiger partial charge >= 0.3 is 0 Å². The van der Waals surface area contributed by atoms with E-state index in [-0.39, 0.29) is 24.6 Å². The first-order valence-electron chi connectivity index (χ1n) is 7.72. The van der Waals surface area contributed by atoms with E-state index in [9.17, 15) is 13.5 Å². The maximum absolute atomic E-state index is 11.5. The molecule has 8 heteroatoms. The Labute approximate surface area is 138 Å². The second-order valence-corrected chi connectivity index (χ2v) is 8.02. The molecule has 0 amide bonds. The van der Waals surface area contributed by atoms with E-state index in [2.05, 4.69) is 15.6 Å². The van der Waals surface area contributed by atoms with Crippen LogP contribution in [0.25, 0.3) is 0 Å². The number of guanidine groups is 1. The number of furan rings is 1. The molecule has 0 radical (unpaired) electrons. The average Bonchev–Trinajstić information content (AvgIpc) is 2.92. The van der Waals surface area contributed by atoms with E-state index in [1.54, 1.807) is 26.0 Å². The largest absolute Gasteiger partial charge is 0.463 e. The van der Waals surface area contributed by atoms with Crippen molar-refractivity contribution in [1.82, 2.24) is 10.6 Å². The Morgan fingerprint density at radius 3 is 2.57 bits per heavy atom. The number of hydrogen-bond acceptors (Lipinski definition) is 5. The molecule has 0 aliphatic rings. The first-order chi connectivity index (χ1) is 10.7. The summed E-state index contributed by atoms with van der Waals surface area (Å²) in [7, 11) is -3.02. The molecule has 1 atom stereocenters. The third-order valence-corrected chi connectivity index (χ3v) is 5.01. The van der Waals surface area contributed by atoms with Gasteiger partial charge in [-0.2, -0.15) is 0 Å². The predicted molar refractivity (Wildman–Crippen MR) is 91.3 cm³/mol. The van der Waals surface area contributed by atoms with Crippen LogP contribution in [0.3, 0.4) is 0 Å². The number of aryl methyl sites for hydroxylation is 1. The summed E-state index contributed by atoms with van der Waals surface area (Å²) in [6.07, 6.45) is 0. The normalized spacial score (nSPS) is 15.3. The topological polar surface area (TPSA) is 104 Å². The Bertz CT molecular complexity index is 620. The van der Waals surface area contributed by atoms with Gasteiger partial charge in [-0.25, -0.2) is 13.4 Å². The monoisotopic (exact) mass is 345 g/mol. The molecule has 1 aromatic rings. The van der Waals surface area contributed by atoms with Crippen LogP contribution in [0.5, 0.6) is 0 Å². The van der Waals surface area contributed by atoms with Gasteiger partial charge in [0.05, 0.1) is 12.3 Å². The lowest BCUT2D eigenvalue weighted by Gasteiger charge is -2.19. The predicted octanol–water partition coefficient (Wildman–Crippen LogP) is 0.785. The average molecular weight is 345 g/mol. The first kappa shape index (κ1) is 19.5. The fourth-order valence-electron chi connectivity index (χ4n) is 1.85. The molecule has 0 bridgehead atoms. The van der Waals surface area contributed by atoms with Crippen LogP contribution in [0.2, 0.25) is 0 Å². The van der Waals surface area contributed by atoms with Crippen molar-refractivity contribution >= 4 is 15.8 Å². The zero-order valence-corrected chi connectivity index (χ0v) is 15.0. The third-order valence-electron chi connectivity index (χ3n) is 3.31. The Balaban J connectivity index is 2.67. The van der Waals surface area contributed by atoms with Crippen LogP contribution < -0.4 is 10.6 Å². The molecule has 0 saturated heterocycles. The van der Waals surface area contributed by atoms with Crippen molar-refractivity contribution in [2.45, 2.75) is 33.3 Å². The van der Waals surface area contributed by atoms with Gasteiger partial charge in [0.2, 0.25) is 0 Å². The second kappa shape index (κ2) is 8.35. The van der Waals surface area contributed by atoms with Crippen molar-refractivity contribution in [3.05, 3.63) is 23.7 Å². The molecule has 0 spiro atoms. The second-order valence-electron chi connectivity index (χ2n) is 5.54. The molecule has 0 fully saturated rings. The van der Waals surface area contributed by atoms with E-state index in [0.717, 1.165) is 5.76 Å². The van der Waals surface area contributed by atoms with Gasteiger partial charge in [0.15, 0.2) is 15.8 Å². The zero-order valence-electron chi connectivity index (χ0n) is 14.2. The fraction of sp³-hybridized carbons (Fsp3) is 0.667. The molecule has 23 heavy (non-hydrogen) atoms. The molecule has 0 aromatic carbocycles. The highest BCUT2D eigenvalue weighted by atomic mass is 32.2. The number of hydrogen-bond donors (Lipinski definition) is 3. The summed E-state index contributed by atoms with van der Waals surface area (Å²) in [5, 5.41) is 16.4. The van der Waals surface area contributed by atoms with Crippen LogP contribution in [-0.2, 0) is 15.4 Å². The SMILES string of the molecule is CCNC(=NCC(C)(O)c1ccc(C)o1)NCCS(=O)(=O)CC. The molecule has 3 N–H and O–H groups in total. The van der Waals surface area contributed by atoms with Gasteiger partial charge in [-0.3, -0.25) is 0 Å². The summed E-state index contributed by atoms with van der Waals surface area (Å²) >= 11 is 0. The number of nitrogens with zero attached hydrogens (tertiary/aromatic N) is 1. The van der Waals surface area contributed by atoms with Crippen molar-refractivity contribution in [3.63, 3.8) is 0 Å². The maximum Gasteiger partial charge on any atom is 0.191 e. The van der Waals surface area contributed by atoms with Crippen LogP contribution >= 0.6 is 0 Å². The van der Waals surface area contributed by atoms with E-state index in [0.29, 0.717) is 18.3 Å². The van der Waals surface area contributed by atoms with E-state index < -0.39 is 15.4 Å². The smallest absolute Gasteiger partial charge is 0.191 e. The third kappa shape index (κ3) is 6.62. The quantitative estimate of drug-likeness (QED) is 0.475. The molecule has 0 aliphatic carbocycles. The molecule has 132 valence electrons. The van der Waals surface area contributed by atoms with Crippen LogP contribution in [0.15, 0.2) is 21.5 Å². The van der Waals surface area contributed by atoms with Gasteiger partial charge in [-0.15, -0.1) is 0 Å². The Hall–Kier alpha value is -1.54. The number of nitrogens with one attached hydrogen (secondary N) is 2. The maximum atomic E-state index is 11.5. The molecular weight excluding hydrogens is 318 g/mol. The van der Waals surface area contributed by atoms with Gasteiger partial charge < -0.3 is 20.2 Å². The summed E-state index contributed by atoms with van der Waals surface area (Å²) in [6.45, 7) is 7.96. The molecule has 1 rings (SSSR count). The lowest BCUT2D eigenvalue weighted by Crippen LogP contribution is -2.41. The molecule has 0 aliphatic heterocycles. The minimum absolute atomic E-state index is 0.0433. The number of sulfone groups is 1. The summed E-state index contributed by atoms with van der Waals surface area (Å²) in [5.41, 5.74) is -1.23. The van der Waals surface area contributed by atoms with E-state index in [1.807, 2.05) is 13.8 Å².